The molecule has 0 fully saturated rings. The fourth-order valence-corrected chi connectivity index (χ4v) is 1.12. The molecule has 0 aliphatic heterocycles. The molecule has 80 valence electrons. The number of benzene rings is 1. The van der Waals surface area contributed by atoms with Crippen molar-refractivity contribution in [3.05, 3.63) is 35.4 Å². The normalized spacial score (nSPS) is 10.5. The van der Waals surface area contributed by atoms with Gasteiger partial charge in [-0.25, -0.2) is 10.6 Å². The lowest BCUT2D eigenvalue weighted by molar-refractivity contribution is 0.0697. The van der Waals surface area contributed by atoms with Crippen LogP contribution in [0.2, 0.25) is 0 Å². The number of carboxylic acids is 1. The summed E-state index contributed by atoms with van der Waals surface area (Å²) in [5.41, 5.74) is 3.66. The molecule has 0 radical (unpaired) electrons. The Labute approximate surface area is 87.6 Å². The summed E-state index contributed by atoms with van der Waals surface area (Å²) in [4.78, 5) is 14.5. The van der Waals surface area contributed by atoms with E-state index in [4.69, 9.17) is 10.9 Å². The first-order chi connectivity index (χ1) is 7.24. The van der Waals surface area contributed by atoms with Gasteiger partial charge in [0.05, 0.1) is 11.9 Å². The quantitative estimate of drug-likeness (QED) is 0.282. The van der Waals surface area contributed by atoms with Crippen molar-refractivity contribution in [3.63, 3.8) is 0 Å². The van der Waals surface area contributed by atoms with E-state index in [9.17, 15) is 4.79 Å². The lowest BCUT2D eigenvalue weighted by Gasteiger charge is -1.99. The Morgan fingerprint density at radius 2 is 2.13 bits per heavy atom. The number of carboxylic acid groups (broad SMARTS) is 1. The number of carbonyl (C=O) groups is 1. The predicted octanol–water partition coefficient (Wildman–Crippen LogP) is 0.419. The van der Waals surface area contributed by atoms with E-state index in [1.807, 2.05) is 0 Å². The van der Waals surface area contributed by atoms with Crippen LogP contribution in [0.1, 0.15) is 15.9 Å². The molecule has 0 aromatic heterocycles. The highest BCUT2D eigenvalue weighted by Gasteiger charge is 2.00. The molecular weight excluding hydrogens is 194 g/mol. The molecular formula is C10H13N3O2. The Bertz CT molecular complexity index is 346. The fourth-order valence-electron chi connectivity index (χ4n) is 1.12. The van der Waals surface area contributed by atoms with Gasteiger partial charge in [0.15, 0.2) is 0 Å². The van der Waals surface area contributed by atoms with E-state index in [0.29, 0.717) is 12.1 Å². The van der Waals surface area contributed by atoms with Gasteiger partial charge >= 0.3 is 5.97 Å². The zero-order chi connectivity index (χ0) is 11.1. The van der Waals surface area contributed by atoms with Gasteiger partial charge < -0.3 is 10.5 Å². The topological polar surface area (TPSA) is 87.7 Å². The first kappa shape index (κ1) is 11.2. The molecule has 0 saturated heterocycles. The molecule has 1 aromatic rings. The van der Waals surface area contributed by atoms with Gasteiger partial charge in [0, 0.05) is 6.54 Å². The summed E-state index contributed by atoms with van der Waals surface area (Å²) in [5.74, 6) is 4.09. The molecule has 0 amide bonds. The van der Waals surface area contributed by atoms with Crippen LogP contribution in [0, 0.1) is 0 Å². The Morgan fingerprint density at radius 1 is 1.47 bits per heavy atom. The number of aromatic carboxylic acids is 1. The maximum absolute atomic E-state index is 10.6. The van der Waals surface area contributed by atoms with Gasteiger partial charge in [0.25, 0.3) is 0 Å². The van der Waals surface area contributed by atoms with Crippen LogP contribution in [0.25, 0.3) is 0 Å². The fraction of sp³-hybridized carbons (Fsp3) is 0.200. The first-order valence-electron chi connectivity index (χ1n) is 4.50. The van der Waals surface area contributed by atoms with Crippen LogP contribution in [0.4, 0.5) is 0 Å². The molecule has 0 aliphatic rings. The highest BCUT2D eigenvalue weighted by Crippen LogP contribution is 2.05. The molecule has 1 rings (SSSR count). The summed E-state index contributed by atoms with van der Waals surface area (Å²) >= 11 is 0. The van der Waals surface area contributed by atoms with Crippen LogP contribution < -0.4 is 11.3 Å². The standard InChI is InChI=1S/C10H13N3O2/c11-13-7-12-6-5-8-1-3-9(4-2-8)10(14)15/h1-4,7H,5-6,11H2,(H,12,13)(H,14,15). The average molecular weight is 207 g/mol. The maximum atomic E-state index is 10.6. The van der Waals surface area contributed by atoms with Crippen molar-refractivity contribution in [3.8, 4) is 0 Å². The smallest absolute Gasteiger partial charge is 0.335 e. The first-order valence-corrected chi connectivity index (χ1v) is 4.50. The van der Waals surface area contributed by atoms with Gasteiger partial charge in [-0.2, -0.15) is 0 Å². The van der Waals surface area contributed by atoms with Crippen LogP contribution in [0.3, 0.4) is 0 Å². The number of nitrogens with one attached hydrogen (secondary N) is 1. The lowest BCUT2D eigenvalue weighted by atomic mass is 10.1. The minimum absolute atomic E-state index is 0.297. The second kappa shape index (κ2) is 5.77. The van der Waals surface area contributed by atoms with Crippen molar-refractivity contribution in [2.45, 2.75) is 6.42 Å². The third-order valence-electron chi connectivity index (χ3n) is 1.90. The van der Waals surface area contributed by atoms with Gasteiger partial charge in [-0.1, -0.05) is 12.1 Å². The Balaban J connectivity index is 2.50. The second-order valence-electron chi connectivity index (χ2n) is 2.95. The lowest BCUT2D eigenvalue weighted by Crippen LogP contribution is -2.19. The Morgan fingerprint density at radius 3 is 2.67 bits per heavy atom. The zero-order valence-electron chi connectivity index (χ0n) is 8.18. The molecule has 0 heterocycles. The van der Waals surface area contributed by atoms with Crippen molar-refractivity contribution >= 4 is 12.3 Å². The van der Waals surface area contributed by atoms with Gasteiger partial charge in [0.1, 0.15) is 0 Å². The Kier molecular flexibility index (Phi) is 4.30. The van der Waals surface area contributed by atoms with Gasteiger partial charge in [-0.15, -0.1) is 0 Å². The molecule has 0 spiro atoms. The third kappa shape index (κ3) is 3.78. The van der Waals surface area contributed by atoms with E-state index in [1.165, 1.54) is 6.34 Å². The van der Waals surface area contributed by atoms with Crippen molar-refractivity contribution < 1.29 is 9.90 Å². The minimum Gasteiger partial charge on any atom is -0.478 e. The largest absolute Gasteiger partial charge is 0.478 e. The third-order valence-corrected chi connectivity index (χ3v) is 1.90. The van der Waals surface area contributed by atoms with Gasteiger partial charge in [0.2, 0.25) is 0 Å². The van der Waals surface area contributed by atoms with E-state index in [1.54, 1.807) is 24.3 Å². The molecule has 0 saturated carbocycles. The number of hydrogen-bond donors (Lipinski definition) is 3. The summed E-state index contributed by atoms with van der Waals surface area (Å²) in [7, 11) is 0. The highest BCUT2D eigenvalue weighted by atomic mass is 16.4. The van der Waals surface area contributed by atoms with E-state index >= 15 is 0 Å². The van der Waals surface area contributed by atoms with Gasteiger partial charge in [-0.05, 0) is 24.1 Å². The number of aliphatic imine (C=N–C) groups is 1. The SMILES string of the molecule is NNC=NCCc1ccc(C(=O)O)cc1. The second-order valence-corrected chi connectivity index (χ2v) is 2.95. The van der Waals surface area contributed by atoms with Crippen molar-refractivity contribution in [2.24, 2.45) is 10.8 Å². The predicted molar refractivity (Wildman–Crippen MR) is 57.8 cm³/mol. The molecule has 0 bridgehead atoms. The molecule has 0 aliphatic carbocycles. The molecule has 15 heavy (non-hydrogen) atoms. The summed E-state index contributed by atoms with van der Waals surface area (Å²) < 4.78 is 0. The van der Waals surface area contributed by atoms with Crippen molar-refractivity contribution in [1.82, 2.24) is 5.43 Å². The summed E-state index contributed by atoms with van der Waals surface area (Å²) in [6.45, 7) is 0.622. The van der Waals surface area contributed by atoms with E-state index in [2.05, 4.69) is 10.4 Å². The molecule has 4 N–H and O–H groups in total. The van der Waals surface area contributed by atoms with Gasteiger partial charge in [-0.3, -0.25) is 4.99 Å². The summed E-state index contributed by atoms with van der Waals surface area (Å²) in [6, 6.07) is 6.74. The summed E-state index contributed by atoms with van der Waals surface area (Å²) in [6.07, 6.45) is 2.18. The van der Waals surface area contributed by atoms with Crippen molar-refractivity contribution in [2.75, 3.05) is 6.54 Å². The molecule has 5 nitrogen and oxygen atoms in total. The zero-order valence-corrected chi connectivity index (χ0v) is 8.18. The number of nitrogens with two attached hydrogens (primary N) is 1. The molecule has 0 atom stereocenters. The number of hydrogen-bond acceptors (Lipinski definition) is 3. The van der Waals surface area contributed by atoms with Crippen LogP contribution in [-0.2, 0) is 6.42 Å². The minimum atomic E-state index is -0.910. The Hall–Kier alpha value is -1.88. The number of rotatable bonds is 5. The molecule has 5 heteroatoms. The monoisotopic (exact) mass is 207 g/mol. The number of nitrogens with zero attached hydrogens (tertiary/aromatic N) is 1. The highest BCUT2D eigenvalue weighted by molar-refractivity contribution is 5.87. The van der Waals surface area contributed by atoms with Crippen LogP contribution in [0.15, 0.2) is 29.3 Å². The van der Waals surface area contributed by atoms with Crippen LogP contribution in [0.5, 0.6) is 0 Å². The van der Waals surface area contributed by atoms with Crippen LogP contribution >= 0.6 is 0 Å². The van der Waals surface area contributed by atoms with E-state index < -0.39 is 5.97 Å². The maximum Gasteiger partial charge on any atom is 0.335 e. The van der Waals surface area contributed by atoms with Crippen LogP contribution in [-0.4, -0.2) is 24.0 Å². The number of hydrazine groups is 1. The van der Waals surface area contributed by atoms with Crippen molar-refractivity contribution in [1.29, 1.82) is 0 Å². The van der Waals surface area contributed by atoms with E-state index in [-0.39, 0.29) is 0 Å². The summed E-state index contributed by atoms with van der Waals surface area (Å²) in [5, 5.41) is 8.68. The molecule has 1 aromatic carbocycles. The van der Waals surface area contributed by atoms with E-state index in [0.717, 1.165) is 12.0 Å². The molecule has 0 unspecified atom stereocenters. The average Bonchev–Trinajstić information content (AvgIpc) is 2.25.